The van der Waals surface area contributed by atoms with Gasteiger partial charge in [-0.2, -0.15) is 0 Å². The highest BCUT2D eigenvalue weighted by molar-refractivity contribution is 5.96. The van der Waals surface area contributed by atoms with E-state index in [9.17, 15) is 0 Å². The molecule has 68 valence electrons. The molecule has 1 heterocycles. The molecule has 0 atom stereocenters. The van der Waals surface area contributed by atoms with E-state index >= 15 is 0 Å². The molecule has 0 saturated heterocycles. The fraction of sp³-hybridized carbons (Fsp3) is 0.300. The van der Waals surface area contributed by atoms with E-state index in [1.165, 1.54) is 0 Å². The lowest BCUT2D eigenvalue weighted by Crippen LogP contribution is -2.08. The van der Waals surface area contributed by atoms with Crippen LogP contribution in [0.5, 0.6) is 0 Å². The Labute approximate surface area is 77.7 Å². The zero-order valence-corrected chi connectivity index (χ0v) is 7.46. The Bertz CT molecular complexity index is 331. The number of anilines is 2. The number of hydrogen-bond acceptors (Lipinski definition) is 3. The molecule has 0 amide bonds. The smallest absolute Gasteiger partial charge is 0.101 e. The summed E-state index contributed by atoms with van der Waals surface area (Å²) in [7, 11) is 0. The van der Waals surface area contributed by atoms with E-state index < -0.39 is 0 Å². The van der Waals surface area contributed by atoms with Crippen molar-refractivity contribution in [2.45, 2.75) is 12.8 Å². The maximum absolute atomic E-state index is 5.65. The summed E-state index contributed by atoms with van der Waals surface area (Å²) in [6, 6.07) is 7.73. The molecule has 3 N–H and O–H groups in total. The fourth-order valence-corrected chi connectivity index (χ4v) is 1.42. The van der Waals surface area contributed by atoms with Crippen LogP contribution in [0.3, 0.4) is 0 Å². The number of nitrogens with one attached hydrogen (secondary N) is 1. The molecule has 13 heavy (non-hydrogen) atoms. The van der Waals surface area contributed by atoms with E-state index in [2.05, 4.69) is 10.3 Å². The zero-order valence-electron chi connectivity index (χ0n) is 7.46. The predicted octanol–water partition coefficient (Wildman–Crippen LogP) is 1.87. The Balaban J connectivity index is 2.09. The lowest BCUT2D eigenvalue weighted by Gasteiger charge is -2.05. The summed E-state index contributed by atoms with van der Waals surface area (Å²) in [6.45, 7) is 0.949. The van der Waals surface area contributed by atoms with E-state index in [-0.39, 0.29) is 0 Å². The van der Waals surface area contributed by atoms with E-state index in [1.54, 1.807) is 0 Å². The highest BCUT2D eigenvalue weighted by Crippen LogP contribution is 2.14. The molecular formula is C10H13N3. The molecule has 1 aliphatic rings. The summed E-state index contributed by atoms with van der Waals surface area (Å²) in [4.78, 5) is 4.33. The highest BCUT2D eigenvalue weighted by atomic mass is 15.0. The second kappa shape index (κ2) is 3.47. The number of amidine groups is 1. The number of nitrogen functional groups attached to an aromatic ring is 1. The summed E-state index contributed by atoms with van der Waals surface area (Å²) in [5, 5.41) is 3.25. The number of hydrogen-bond donors (Lipinski definition) is 2. The van der Waals surface area contributed by atoms with E-state index in [0.29, 0.717) is 0 Å². The average molecular weight is 175 g/mol. The topological polar surface area (TPSA) is 50.4 Å². The van der Waals surface area contributed by atoms with Crippen molar-refractivity contribution in [1.82, 2.24) is 0 Å². The molecule has 0 bridgehead atoms. The minimum Gasteiger partial charge on any atom is -0.399 e. The zero-order chi connectivity index (χ0) is 9.10. The third-order valence-electron chi connectivity index (χ3n) is 2.05. The lowest BCUT2D eigenvalue weighted by molar-refractivity contribution is 0.951. The van der Waals surface area contributed by atoms with Gasteiger partial charge in [-0.25, -0.2) is 0 Å². The van der Waals surface area contributed by atoms with Crippen molar-refractivity contribution in [2.75, 3.05) is 17.6 Å². The molecule has 3 nitrogen and oxygen atoms in total. The number of rotatable bonds is 1. The minimum atomic E-state index is 0.781. The van der Waals surface area contributed by atoms with E-state index in [0.717, 1.165) is 36.6 Å². The standard InChI is InChI=1S/C10H13N3/c11-8-3-1-4-9(7-8)13-10-5-2-6-12-10/h1,3-4,7H,2,5-6,11H2,(H,12,13). The van der Waals surface area contributed by atoms with Crippen molar-refractivity contribution in [3.8, 4) is 0 Å². The lowest BCUT2D eigenvalue weighted by atomic mass is 10.2. The molecule has 0 spiro atoms. The van der Waals surface area contributed by atoms with Gasteiger partial charge >= 0.3 is 0 Å². The van der Waals surface area contributed by atoms with Crippen LogP contribution in [0.25, 0.3) is 0 Å². The van der Waals surface area contributed by atoms with Gasteiger partial charge < -0.3 is 11.1 Å². The minimum absolute atomic E-state index is 0.781. The van der Waals surface area contributed by atoms with Crippen LogP contribution >= 0.6 is 0 Å². The molecule has 0 unspecified atom stereocenters. The van der Waals surface area contributed by atoms with Gasteiger partial charge in [0.15, 0.2) is 0 Å². The summed E-state index contributed by atoms with van der Waals surface area (Å²) in [6.07, 6.45) is 2.21. The monoisotopic (exact) mass is 175 g/mol. The molecule has 0 aliphatic carbocycles. The Morgan fingerprint density at radius 3 is 3.00 bits per heavy atom. The predicted molar refractivity (Wildman–Crippen MR) is 56.0 cm³/mol. The van der Waals surface area contributed by atoms with Gasteiger partial charge in [-0.1, -0.05) is 6.07 Å². The van der Waals surface area contributed by atoms with Gasteiger partial charge in [0.1, 0.15) is 5.84 Å². The van der Waals surface area contributed by atoms with Gasteiger partial charge in [-0.15, -0.1) is 0 Å². The first-order valence-electron chi connectivity index (χ1n) is 4.50. The van der Waals surface area contributed by atoms with Crippen LogP contribution in [-0.2, 0) is 0 Å². The second-order valence-electron chi connectivity index (χ2n) is 3.18. The van der Waals surface area contributed by atoms with Crippen molar-refractivity contribution in [2.24, 2.45) is 4.99 Å². The molecule has 3 heteroatoms. The first kappa shape index (κ1) is 8.10. The Hall–Kier alpha value is -1.51. The molecule has 0 saturated carbocycles. The average Bonchev–Trinajstić information content (AvgIpc) is 2.57. The van der Waals surface area contributed by atoms with Gasteiger partial charge in [0, 0.05) is 24.3 Å². The van der Waals surface area contributed by atoms with Crippen LogP contribution in [0.2, 0.25) is 0 Å². The van der Waals surface area contributed by atoms with Crippen LogP contribution in [0.1, 0.15) is 12.8 Å². The van der Waals surface area contributed by atoms with Crippen molar-refractivity contribution in [3.05, 3.63) is 24.3 Å². The molecule has 2 rings (SSSR count). The van der Waals surface area contributed by atoms with Crippen LogP contribution < -0.4 is 11.1 Å². The van der Waals surface area contributed by atoms with Crippen LogP contribution in [0, 0.1) is 0 Å². The fourth-order valence-electron chi connectivity index (χ4n) is 1.42. The molecule has 1 aliphatic heterocycles. The summed E-state index contributed by atoms with van der Waals surface area (Å²) in [5.41, 5.74) is 7.46. The van der Waals surface area contributed by atoms with Crippen molar-refractivity contribution in [1.29, 1.82) is 0 Å². The van der Waals surface area contributed by atoms with Crippen molar-refractivity contribution < 1.29 is 0 Å². The SMILES string of the molecule is Nc1cccc(NC2=NCCC2)c1. The van der Waals surface area contributed by atoms with Gasteiger partial charge in [0.25, 0.3) is 0 Å². The number of nitrogens with two attached hydrogens (primary N) is 1. The van der Waals surface area contributed by atoms with E-state index in [1.807, 2.05) is 24.3 Å². The molecule has 0 fully saturated rings. The molecule has 1 aromatic rings. The summed E-state index contributed by atoms with van der Waals surface area (Å²) >= 11 is 0. The first-order valence-corrected chi connectivity index (χ1v) is 4.50. The number of aliphatic imine (C=N–C) groups is 1. The summed E-state index contributed by atoms with van der Waals surface area (Å²) in [5.74, 6) is 1.07. The van der Waals surface area contributed by atoms with Crippen LogP contribution in [-0.4, -0.2) is 12.4 Å². The second-order valence-corrected chi connectivity index (χ2v) is 3.18. The third-order valence-corrected chi connectivity index (χ3v) is 2.05. The first-order chi connectivity index (χ1) is 6.34. The normalized spacial score (nSPS) is 15.5. The largest absolute Gasteiger partial charge is 0.399 e. The molecule has 0 radical (unpaired) electrons. The maximum atomic E-state index is 5.65. The molecule has 0 aromatic heterocycles. The quantitative estimate of drug-likeness (QED) is 0.640. The Morgan fingerprint density at radius 2 is 2.31 bits per heavy atom. The van der Waals surface area contributed by atoms with Crippen LogP contribution in [0.15, 0.2) is 29.3 Å². The van der Waals surface area contributed by atoms with E-state index in [4.69, 9.17) is 5.73 Å². The van der Waals surface area contributed by atoms with Gasteiger partial charge in [-0.3, -0.25) is 4.99 Å². The van der Waals surface area contributed by atoms with Crippen molar-refractivity contribution in [3.63, 3.8) is 0 Å². The Kier molecular flexibility index (Phi) is 2.17. The molecular weight excluding hydrogens is 162 g/mol. The highest BCUT2D eigenvalue weighted by Gasteiger charge is 2.05. The Morgan fingerprint density at radius 1 is 1.38 bits per heavy atom. The van der Waals surface area contributed by atoms with Gasteiger partial charge in [0.05, 0.1) is 0 Å². The van der Waals surface area contributed by atoms with Gasteiger partial charge in [-0.05, 0) is 24.6 Å². The third kappa shape index (κ3) is 1.99. The molecule has 1 aromatic carbocycles. The van der Waals surface area contributed by atoms with Crippen LogP contribution in [0.4, 0.5) is 11.4 Å². The maximum Gasteiger partial charge on any atom is 0.101 e. The number of nitrogens with zero attached hydrogens (tertiary/aromatic N) is 1. The van der Waals surface area contributed by atoms with Gasteiger partial charge in [0.2, 0.25) is 0 Å². The number of benzene rings is 1. The summed E-state index contributed by atoms with van der Waals surface area (Å²) < 4.78 is 0. The van der Waals surface area contributed by atoms with Crippen molar-refractivity contribution >= 4 is 17.2 Å².